The second-order valence-corrected chi connectivity index (χ2v) is 1.35. The van der Waals surface area contributed by atoms with Crippen LogP contribution in [0.1, 0.15) is 12.8 Å². The average Bonchev–Trinajstić information content (AvgIpc) is 1.72. The summed E-state index contributed by atoms with van der Waals surface area (Å²) in [6.07, 6.45) is 11.5. The van der Waals surface area contributed by atoms with Crippen LogP contribution in [0.5, 0.6) is 0 Å². The Morgan fingerprint density at radius 3 is 2.29 bits per heavy atom. The molecule has 0 radical (unpaired) electrons. The van der Waals surface area contributed by atoms with E-state index in [0.29, 0.717) is 0 Å². The normalized spacial score (nSPS) is 16.0. The van der Waals surface area contributed by atoms with Crippen molar-refractivity contribution in [2.24, 2.45) is 0 Å². The van der Waals surface area contributed by atoms with Gasteiger partial charge in [-0.05, 0) is 0 Å². The van der Waals surface area contributed by atoms with Crippen LogP contribution in [0, 0.1) is 6.08 Å². The number of hydrogen-bond acceptors (Lipinski definition) is 0. The molecule has 0 aliphatic heterocycles. The summed E-state index contributed by atoms with van der Waals surface area (Å²) >= 11 is 0. The van der Waals surface area contributed by atoms with Crippen LogP contribution in [0.25, 0.3) is 0 Å². The monoisotopic (exact) mass is 118 g/mol. The summed E-state index contributed by atoms with van der Waals surface area (Å²) in [6.45, 7) is 0. The summed E-state index contributed by atoms with van der Waals surface area (Å²) < 4.78 is 0. The molecule has 1 rings (SSSR count). The molecule has 0 atom stereocenters. The smallest absolute Gasteiger partial charge is 0.255 e. The van der Waals surface area contributed by atoms with Gasteiger partial charge in [-0.15, -0.1) is 0 Å². The summed E-state index contributed by atoms with van der Waals surface area (Å²) in [7, 11) is 0. The van der Waals surface area contributed by atoms with Crippen molar-refractivity contribution in [1.29, 1.82) is 0 Å². The van der Waals surface area contributed by atoms with Crippen molar-refractivity contribution in [2.45, 2.75) is 12.8 Å². The fourth-order valence-corrected chi connectivity index (χ4v) is 0.482. The zero-order valence-electron chi connectivity index (χ0n) is 4.65. The van der Waals surface area contributed by atoms with Gasteiger partial charge < -0.3 is 0 Å². The molecule has 0 aromatic carbocycles. The quantitative estimate of drug-likeness (QED) is 0.274. The van der Waals surface area contributed by atoms with Gasteiger partial charge in [-0.25, -0.2) is 12.2 Å². The summed E-state index contributed by atoms with van der Waals surface area (Å²) in [6, 6.07) is 0. The molecule has 1 aliphatic rings. The molecule has 0 saturated carbocycles. The van der Waals surface area contributed by atoms with Crippen LogP contribution in [0.2, 0.25) is 0 Å². The van der Waals surface area contributed by atoms with E-state index in [1.54, 1.807) is 0 Å². The van der Waals surface area contributed by atoms with E-state index in [9.17, 15) is 0 Å². The predicted octanol–water partition coefficient (Wildman–Crippen LogP) is -1.30. The average molecular weight is 118 g/mol. The summed E-state index contributed by atoms with van der Waals surface area (Å²) in [4.78, 5) is 0. The van der Waals surface area contributed by atoms with Gasteiger partial charge in [0.05, 0.1) is 0 Å². The van der Waals surface area contributed by atoms with Crippen LogP contribution in [0.4, 0.5) is 0 Å². The van der Waals surface area contributed by atoms with Gasteiger partial charge >= 0.3 is 51.4 Å². The first-order chi connectivity index (χ1) is 3.00. The molecular formula is C6H7K. The summed E-state index contributed by atoms with van der Waals surface area (Å²) in [5.41, 5.74) is 0. The molecule has 0 saturated heterocycles. The summed E-state index contributed by atoms with van der Waals surface area (Å²) in [5.74, 6) is 0. The van der Waals surface area contributed by atoms with Crippen LogP contribution in [-0.4, -0.2) is 0 Å². The van der Waals surface area contributed by atoms with E-state index in [1.165, 1.54) is 12.8 Å². The first-order valence-corrected chi connectivity index (χ1v) is 2.23. The second-order valence-electron chi connectivity index (χ2n) is 1.35. The van der Waals surface area contributed by atoms with Crippen LogP contribution in [0.3, 0.4) is 0 Å². The molecule has 1 aliphatic carbocycles. The maximum absolute atomic E-state index is 2.98. The SMILES string of the molecule is [C-]1=CCCC=C1.[K+]. The zero-order chi connectivity index (χ0) is 4.24. The Hall–Kier alpha value is 1.12. The van der Waals surface area contributed by atoms with Gasteiger partial charge in [0.1, 0.15) is 0 Å². The molecule has 0 spiro atoms. The van der Waals surface area contributed by atoms with Crippen LogP contribution in [-0.2, 0) is 0 Å². The number of hydrogen-bond donors (Lipinski definition) is 0. The van der Waals surface area contributed by atoms with E-state index < -0.39 is 0 Å². The fourth-order valence-electron chi connectivity index (χ4n) is 0.482. The number of allylic oxidation sites excluding steroid dienone is 4. The Bertz CT molecular complexity index is 70.2. The molecule has 0 aromatic rings. The Morgan fingerprint density at radius 2 is 2.14 bits per heavy atom. The van der Waals surface area contributed by atoms with Gasteiger partial charge in [0.25, 0.3) is 0 Å². The van der Waals surface area contributed by atoms with Crippen LogP contribution in [0.15, 0.2) is 18.2 Å². The second kappa shape index (κ2) is 5.26. The molecule has 0 unspecified atom stereocenters. The Balaban J connectivity index is 0.000000360. The molecule has 7 heavy (non-hydrogen) atoms. The van der Waals surface area contributed by atoms with Crippen molar-refractivity contribution >= 4 is 0 Å². The van der Waals surface area contributed by atoms with Crippen LogP contribution >= 0.6 is 0 Å². The molecule has 0 bridgehead atoms. The summed E-state index contributed by atoms with van der Waals surface area (Å²) in [5, 5.41) is 0. The Morgan fingerprint density at radius 1 is 1.29 bits per heavy atom. The first kappa shape index (κ1) is 8.12. The van der Waals surface area contributed by atoms with Crippen molar-refractivity contribution in [2.75, 3.05) is 0 Å². The van der Waals surface area contributed by atoms with Crippen LogP contribution < -0.4 is 51.4 Å². The largest absolute Gasteiger partial charge is 1.00 e. The molecule has 0 nitrogen and oxygen atoms in total. The third-order valence-corrected chi connectivity index (χ3v) is 0.810. The van der Waals surface area contributed by atoms with Gasteiger partial charge in [-0.1, -0.05) is 12.8 Å². The Kier molecular flexibility index (Phi) is 6.10. The third-order valence-electron chi connectivity index (χ3n) is 0.810. The third kappa shape index (κ3) is 3.68. The topological polar surface area (TPSA) is 0 Å². The minimum Gasteiger partial charge on any atom is -0.255 e. The minimum atomic E-state index is 0. The first-order valence-electron chi connectivity index (χ1n) is 2.23. The molecular weight excluding hydrogens is 111 g/mol. The maximum Gasteiger partial charge on any atom is 1.00 e. The van der Waals surface area contributed by atoms with Crippen molar-refractivity contribution in [3.05, 3.63) is 24.3 Å². The standard InChI is InChI=1S/C6H7.K/c1-2-4-6-5-3-1;/h1-2,6H,3,5H2;/q-1;+1. The van der Waals surface area contributed by atoms with Gasteiger partial charge in [0, 0.05) is 0 Å². The van der Waals surface area contributed by atoms with Gasteiger partial charge in [0.15, 0.2) is 0 Å². The molecule has 0 amide bonds. The Labute approximate surface area is 87.1 Å². The van der Waals surface area contributed by atoms with Gasteiger partial charge in [-0.3, -0.25) is 6.08 Å². The van der Waals surface area contributed by atoms with E-state index in [4.69, 9.17) is 0 Å². The molecule has 0 fully saturated rings. The van der Waals surface area contributed by atoms with Crippen molar-refractivity contribution in [3.8, 4) is 0 Å². The molecule has 1 heteroatoms. The number of rotatable bonds is 0. The molecule has 0 N–H and O–H groups in total. The molecule has 0 heterocycles. The predicted molar refractivity (Wildman–Crippen MR) is 26.2 cm³/mol. The van der Waals surface area contributed by atoms with E-state index in [1.807, 2.05) is 6.08 Å². The van der Waals surface area contributed by atoms with Gasteiger partial charge in [0.2, 0.25) is 0 Å². The van der Waals surface area contributed by atoms with E-state index >= 15 is 0 Å². The van der Waals surface area contributed by atoms with E-state index in [2.05, 4.69) is 18.2 Å². The van der Waals surface area contributed by atoms with Gasteiger partial charge in [-0.2, -0.15) is 6.08 Å². The van der Waals surface area contributed by atoms with E-state index in [-0.39, 0.29) is 51.4 Å². The zero-order valence-corrected chi connectivity index (χ0v) is 7.77. The van der Waals surface area contributed by atoms with E-state index in [0.717, 1.165) is 0 Å². The fraction of sp³-hybridized carbons (Fsp3) is 0.333. The van der Waals surface area contributed by atoms with Crippen molar-refractivity contribution < 1.29 is 51.4 Å². The van der Waals surface area contributed by atoms with Crippen molar-refractivity contribution in [1.82, 2.24) is 0 Å². The maximum atomic E-state index is 2.98. The van der Waals surface area contributed by atoms with Crippen molar-refractivity contribution in [3.63, 3.8) is 0 Å². The molecule has 0 aromatic heterocycles. The molecule has 32 valence electrons. The minimum absolute atomic E-state index is 0.